The van der Waals surface area contributed by atoms with E-state index in [4.69, 9.17) is 19.2 Å². The Kier molecular flexibility index (Phi) is 26.9. The predicted octanol–water partition coefficient (Wildman–Crippen LogP) is -10.8. The molecule has 0 saturated heterocycles. The maximum Gasteiger partial charge on any atom is 1.00 e. The normalized spacial score (nSPS) is 8.33. The molecule has 1 N–H and O–H groups in total. The Morgan fingerprint density at radius 2 is 1.53 bits per heavy atom. The van der Waals surface area contributed by atoms with Crippen LogP contribution in [0.5, 0.6) is 0 Å². The Hall–Kier alpha value is 4.23. The number of aromatic amines is 1. The van der Waals surface area contributed by atoms with Gasteiger partial charge in [-0.1, -0.05) is 0 Å². The van der Waals surface area contributed by atoms with E-state index in [0.29, 0.717) is 0 Å². The summed E-state index contributed by atoms with van der Waals surface area (Å²) in [5.74, 6) is 0. The molecule has 0 aliphatic rings. The second-order valence-electron chi connectivity index (χ2n) is 2.10. The van der Waals surface area contributed by atoms with E-state index in [1.807, 2.05) is 20.0 Å². The van der Waals surface area contributed by atoms with Crippen molar-refractivity contribution in [1.82, 2.24) is 10.2 Å². The molecule has 15 heavy (non-hydrogen) atoms. The van der Waals surface area contributed by atoms with Gasteiger partial charge in [0.05, 0.1) is 5.69 Å². The fourth-order valence-corrected chi connectivity index (χ4v) is 0.419. The van der Waals surface area contributed by atoms with Crippen molar-refractivity contribution in [2.75, 3.05) is 0 Å². The van der Waals surface area contributed by atoms with Crippen molar-refractivity contribution >= 4 is 7.82 Å². The zero-order valence-corrected chi connectivity index (χ0v) is 19.9. The van der Waals surface area contributed by atoms with E-state index in [9.17, 15) is 0 Å². The third-order valence-corrected chi connectivity index (χ3v) is 1.08. The molecule has 1 rings (SSSR count). The molecule has 0 atom stereocenters. The molecule has 70 valence electrons. The van der Waals surface area contributed by atoms with E-state index in [2.05, 4.69) is 10.2 Å². The first-order valence-corrected chi connectivity index (χ1v) is 4.47. The van der Waals surface area contributed by atoms with Gasteiger partial charge < -0.3 is 19.2 Å². The van der Waals surface area contributed by atoms with Crippen LogP contribution >= 0.6 is 7.82 Å². The van der Waals surface area contributed by atoms with Crippen molar-refractivity contribution in [2.24, 2.45) is 0 Å². The van der Waals surface area contributed by atoms with Gasteiger partial charge in [-0.3, -0.25) is 5.10 Å². The third kappa shape index (κ3) is 23.7. The van der Waals surface area contributed by atoms with Gasteiger partial charge in [0.2, 0.25) is 0 Å². The summed E-state index contributed by atoms with van der Waals surface area (Å²) in [7, 11) is -5.39. The van der Waals surface area contributed by atoms with Crippen LogP contribution in [0.25, 0.3) is 0 Å². The van der Waals surface area contributed by atoms with Crippen LogP contribution in [0, 0.1) is 13.8 Å². The van der Waals surface area contributed by atoms with Gasteiger partial charge in [0.25, 0.3) is 0 Å². The number of nitrogens with one attached hydrogen (secondary N) is 1. The van der Waals surface area contributed by atoms with Crippen LogP contribution in [-0.4, -0.2) is 10.2 Å². The van der Waals surface area contributed by atoms with Crippen LogP contribution < -0.4 is 169 Å². The number of rotatable bonds is 0. The second-order valence-corrected chi connectivity index (χ2v) is 3.00. The summed E-state index contributed by atoms with van der Waals surface area (Å²) in [6.07, 6.45) is 1.88. The minimum absolute atomic E-state index is 0. The SMILES string of the molecule is Cc1c[nH]nc1C.O=P([O-])([O-])[O-].[K+].[K+].[K+]. The van der Waals surface area contributed by atoms with E-state index < -0.39 is 7.82 Å². The van der Waals surface area contributed by atoms with Gasteiger partial charge in [-0.15, -0.1) is 0 Å². The first-order chi connectivity index (χ1) is 5.30. The molecule has 1 aromatic rings. The van der Waals surface area contributed by atoms with Gasteiger partial charge in [0.15, 0.2) is 0 Å². The molecule has 10 heteroatoms. The largest absolute Gasteiger partial charge is 1.00 e. The monoisotopic (exact) mass is 308 g/mol. The number of hydrogen-bond acceptors (Lipinski definition) is 5. The van der Waals surface area contributed by atoms with E-state index in [-0.39, 0.29) is 154 Å². The van der Waals surface area contributed by atoms with E-state index in [1.165, 1.54) is 5.56 Å². The van der Waals surface area contributed by atoms with Crippen LogP contribution in [0.4, 0.5) is 0 Å². The van der Waals surface area contributed by atoms with Gasteiger partial charge in [-0.25, -0.2) is 0 Å². The van der Waals surface area contributed by atoms with Crippen LogP contribution in [0.2, 0.25) is 0 Å². The predicted molar refractivity (Wildman–Crippen MR) is 35.7 cm³/mol. The number of aromatic nitrogens is 2. The third-order valence-electron chi connectivity index (χ3n) is 1.08. The molecule has 0 aliphatic carbocycles. The zero-order chi connectivity index (χ0) is 9.78. The minimum Gasteiger partial charge on any atom is -0.822 e. The van der Waals surface area contributed by atoms with Crippen molar-refractivity contribution < 1.29 is 173 Å². The Morgan fingerprint density at radius 1 is 1.20 bits per heavy atom. The van der Waals surface area contributed by atoms with Crippen molar-refractivity contribution in [3.8, 4) is 0 Å². The van der Waals surface area contributed by atoms with Crippen molar-refractivity contribution in [1.29, 1.82) is 0 Å². The summed E-state index contributed by atoms with van der Waals surface area (Å²) in [5, 5.41) is 6.64. The average Bonchev–Trinajstić information content (AvgIpc) is 2.12. The molecular weight excluding hydrogens is 300 g/mol. The molecule has 1 aromatic heterocycles. The van der Waals surface area contributed by atoms with Gasteiger partial charge in [0, 0.05) is 6.20 Å². The number of hydrogen-bond donors (Lipinski definition) is 1. The molecule has 6 nitrogen and oxygen atoms in total. The molecule has 0 bridgehead atoms. The van der Waals surface area contributed by atoms with E-state index in [0.717, 1.165) is 5.69 Å². The van der Waals surface area contributed by atoms with Crippen LogP contribution in [0.15, 0.2) is 6.20 Å². The number of phosphoric acid groups is 1. The fraction of sp³-hybridized carbons (Fsp3) is 0.400. The maximum absolute atomic E-state index is 8.55. The minimum atomic E-state index is -5.39. The first-order valence-electron chi connectivity index (χ1n) is 3.00. The Morgan fingerprint density at radius 3 is 1.60 bits per heavy atom. The molecule has 1 heterocycles. The van der Waals surface area contributed by atoms with E-state index in [1.54, 1.807) is 0 Å². The van der Waals surface area contributed by atoms with Gasteiger partial charge in [-0.2, -0.15) is 12.9 Å². The molecular formula is C5H8K3N2O4P. The Balaban J connectivity index is -0.0000000701. The molecule has 0 aliphatic heterocycles. The average molecular weight is 308 g/mol. The molecule has 0 radical (unpaired) electrons. The Bertz CT molecular complexity index is 265. The molecule has 0 fully saturated rings. The molecule has 0 spiro atoms. The fourth-order valence-electron chi connectivity index (χ4n) is 0.419. The van der Waals surface area contributed by atoms with Gasteiger partial charge >= 0.3 is 154 Å². The smallest absolute Gasteiger partial charge is 0.822 e. The molecule has 0 saturated carbocycles. The number of aryl methyl sites for hydroxylation is 2. The summed E-state index contributed by atoms with van der Waals surface area (Å²) in [4.78, 5) is 25.6. The summed E-state index contributed by atoms with van der Waals surface area (Å²) in [6.45, 7) is 4.00. The number of H-pyrrole nitrogens is 1. The molecule has 0 amide bonds. The molecule has 0 unspecified atom stereocenters. The van der Waals surface area contributed by atoms with Crippen molar-refractivity contribution in [3.63, 3.8) is 0 Å². The zero-order valence-electron chi connectivity index (χ0n) is 9.60. The van der Waals surface area contributed by atoms with E-state index >= 15 is 0 Å². The van der Waals surface area contributed by atoms with Gasteiger partial charge in [0.1, 0.15) is 0 Å². The Labute approximate surface area is 216 Å². The summed E-state index contributed by atoms with van der Waals surface area (Å²) >= 11 is 0. The quantitative estimate of drug-likeness (QED) is 0.377. The van der Waals surface area contributed by atoms with Crippen LogP contribution in [0.1, 0.15) is 11.3 Å². The maximum atomic E-state index is 8.55. The van der Waals surface area contributed by atoms with Gasteiger partial charge in [-0.05, 0) is 19.4 Å². The van der Waals surface area contributed by atoms with Crippen molar-refractivity contribution in [3.05, 3.63) is 17.5 Å². The topological polar surface area (TPSA) is 115 Å². The number of nitrogens with zero attached hydrogens (tertiary/aromatic N) is 1. The van der Waals surface area contributed by atoms with Crippen LogP contribution in [0.3, 0.4) is 0 Å². The van der Waals surface area contributed by atoms with Crippen LogP contribution in [-0.2, 0) is 4.57 Å². The van der Waals surface area contributed by atoms with Crippen molar-refractivity contribution in [2.45, 2.75) is 13.8 Å². The first kappa shape index (κ1) is 27.6. The molecule has 0 aromatic carbocycles. The standard InChI is InChI=1S/C5H8N2.3K.H3O4P/c1-4-3-6-7-5(4)2;;;;1-5(2,3)4/h3H,1-2H3,(H,6,7);;;;(H3,1,2,3,4)/q;3*+1;/p-3. The summed E-state index contributed by atoms with van der Waals surface area (Å²) < 4.78 is 8.55. The summed E-state index contributed by atoms with van der Waals surface area (Å²) in [5.41, 5.74) is 2.31. The second kappa shape index (κ2) is 14.6. The summed E-state index contributed by atoms with van der Waals surface area (Å²) in [6, 6.07) is 0.